The summed E-state index contributed by atoms with van der Waals surface area (Å²) in [5, 5.41) is 9.81. The number of rotatable bonds is 8. The van der Waals surface area contributed by atoms with Crippen LogP contribution in [0.3, 0.4) is 0 Å². The minimum atomic E-state index is -0.790. The molecule has 10 heteroatoms. The van der Waals surface area contributed by atoms with Crippen LogP contribution in [0.5, 0.6) is 5.75 Å². The van der Waals surface area contributed by atoms with Gasteiger partial charge in [0.2, 0.25) is 0 Å². The third-order valence-corrected chi connectivity index (χ3v) is 7.56. The summed E-state index contributed by atoms with van der Waals surface area (Å²) in [4.78, 5) is 19.8. The summed E-state index contributed by atoms with van der Waals surface area (Å²) in [5.74, 6) is -1.81. The average molecular weight is 564 g/mol. The van der Waals surface area contributed by atoms with Gasteiger partial charge in [-0.3, -0.25) is 9.78 Å². The number of amides is 1. The van der Waals surface area contributed by atoms with E-state index in [1.54, 1.807) is 17.2 Å². The molecular formula is C31H35F2N5O3. The molecule has 5 rings (SSSR count). The lowest BCUT2D eigenvalue weighted by atomic mass is 9.99. The van der Waals surface area contributed by atoms with Crippen LogP contribution >= 0.6 is 0 Å². The number of hydrogen-bond donors (Lipinski definition) is 1. The number of aromatic nitrogens is 1. The molecule has 41 heavy (non-hydrogen) atoms. The van der Waals surface area contributed by atoms with Crippen molar-refractivity contribution in [2.75, 3.05) is 26.8 Å². The summed E-state index contributed by atoms with van der Waals surface area (Å²) in [6.45, 7) is 7.38. The summed E-state index contributed by atoms with van der Waals surface area (Å²) < 4.78 is 40.2. The van der Waals surface area contributed by atoms with Gasteiger partial charge in [-0.2, -0.15) is 5.10 Å². The number of ether oxygens (including phenoxy) is 2. The Morgan fingerprint density at radius 2 is 2.07 bits per heavy atom. The molecule has 0 aliphatic carbocycles. The lowest BCUT2D eigenvalue weighted by Gasteiger charge is -2.29. The Labute approximate surface area is 239 Å². The Balaban J connectivity index is 1.42. The molecule has 8 nitrogen and oxygen atoms in total. The monoisotopic (exact) mass is 563 g/mol. The van der Waals surface area contributed by atoms with Gasteiger partial charge in [0.15, 0.2) is 11.6 Å². The van der Waals surface area contributed by atoms with Gasteiger partial charge < -0.3 is 19.7 Å². The van der Waals surface area contributed by atoms with E-state index in [1.165, 1.54) is 11.6 Å². The van der Waals surface area contributed by atoms with Crippen molar-refractivity contribution in [1.29, 1.82) is 0 Å². The Bertz CT molecular complexity index is 1460. The van der Waals surface area contributed by atoms with Crippen LogP contribution in [0.1, 0.15) is 60.8 Å². The molecular weight excluding hydrogens is 528 g/mol. The molecule has 1 amide bonds. The zero-order valence-electron chi connectivity index (χ0n) is 23.8. The number of nitrogens with zero attached hydrogens (tertiary/aromatic N) is 4. The molecule has 1 saturated heterocycles. The first-order valence-corrected chi connectivity index (χ1v) is 13.9. The van der Waals surface area contributed by atoms with Gasteiger partial charge in [-0.25, -0.2) is 13.8 Å². The third-order valence-electron chi connectivity index (χ3n) is 7.56. The molecule has 0 bridgehead atoms. The van der Waals surface area contributed by atoms with E-state index in [2.05, 4.69) is 24.1 Å². The van der Waals surface area contributed by atoms with Crippen LogP contribution in [0, 0.1) is 11.6 Å². The van der Waals surface area contributed by atoms with Gasteiger partial charge in [-0.15, -0.1) is 0 Å². The standard InChI is InChI=1S/C31H35F2N5O3/c1-5-19(2)29-7-6-27(36-38(29)16-20(3)34-4)21-13-25-28(35-15-21)8-10-37(31(25)39)17-22-12-23(32)14-26(33)30(22)41-24-9-11-40-18-24/h6-7,12-16,24,34H,5,8-11,17-18H2,1-4H3/b20-16+,29-19-. The molecule has 0 spiro atoms. The molecule has 1 fully saturated rings. The van der Waals surface area contributed by atoms with E-state index in [4.69, 9.17) is 14.6 Å². The number of carbonyl (C=O) groups is 1. The van der Waals surface area contributed by atoms with Crippen molar-refractivity contribution in [3.05, 3.63) is 93.7 Å². The quantitative estimate of drug-likeness (QED) is 0.484. The number of allylic oxidation sites excluding steroid dienone is 4. The lowest BCUT2D eigenvalue weighted by molar-refractivity contribution is 0.0720. The highest BCUT2D eigenvalue weighted by Gasteiger charge is 2.29. The maximum absolute atomic E-state index is 14.8. The Hall–Kier alpha value is -4.05. The molecule has 4 heterocycles. The molecule has 1 aromatic carbocycles. The van der Waals surface area contributed by atoms with E-state index in [-0.39, 0.29) is 29.9 Å². The van der Waals surface area contributed by atoms with E-state index in [0.29, 0.717) is 55.1 Å². The van der Waals surface area contributed by atoms with Crippen LogP contribution in [0.15, 0.2) is 64.8 Å². The number of pyridine rings is 1. The van der Waals surface area contributed by atoms with E-state index >= 15 is 0 Å². The lowest BCUT2D eigenvalue weighted by Crippen LogP contribution is -2.38. The normalized spacial score (nSPS) is 20.2. The van der Waals surface area contributed by atoms with Gasteiger partial charge in [0.25, 0.3) is 5.91 Å². The van der Waals surface area contributed by atoms with Gasteiger partial charge in [-0.1, -0.05) is 6.92 Å². The number of benzene rings is 1. The average Bonchev–Trinajstić information content (AvgIpc) is 3.49. The van der Waals surface area contributed by atoms with Crippen molar-refractivity contribution in [1.82, 2.24) is 20.2 Å². The van der Waals surface area contributed by atoms with Gasteiger partial charge in [0.1, 0.15) is 11.9 Å². The number of nitrogens with one attached hydrogen (secondary N) is 1. The first-order chi connectivity index (χ1) is 19.8. The van der Waals surface area contributed by atoms with E-state index in [9.17, 15) is 13.6 Å². The Kier molecular flexibility index (Phi) is 8.49. The maximum atomic E-state index is 14.8. The van der Waals surface area contributed by atoms with E-state index < -0.39 is 11.6 Å². The largest absolute Gasteiger partial charge is 0.484 e. The highest BCUT2D eigenvalue weighted by atomic mass is 19.1. The summed E-state index contributed by atoms with van der Waals surface area (Å²) >= 11 is 0. The molecule has 3 aliphatic heterocycles. The van der Waals surface area contributed by atoms with Crippen molar-refractivity contribution in [3.8, 4) is 5.75 Å². The number of fused-ring (bicyclic) bond motifs is 1. The molecule has 2 aromatic rings. The molecule has 1 aromatic heterocycles. The summed E-state index contributed by atoms with van der Waals surface area (Å²) in [5.41, 5.74) is 5.91. The topological polar surface area (TPSA) is 79.3 Å². The molecule has 3 aliphatic rings. The first kappa shape index (κ1) is 28.5. The fourth-order valence-corrected chi connectivity index (χ4v) is 4.98. The van der Waals surface area contributed by atoms with Crippen molar-refractivity contribution < 1.29 is 23.0 Å². The second kappa shape index (κ2) is 12.2. The third kappa shape index (κ3) is 6.17. The molecule has 1 N–H and O–H groups in total. The van der Waals surface area contributed by atoms with Crippen LogP contribution in [0.2, 0.25) is 0 Å². The number of carbonyl (C=O) groups excluding carboxylic acids is 1. The maximum Gasteiger partial charge on any atom is 0.256 e. The molecule has 216 valence electrons. The fourth-order valence-electron chi connectivity index (χ4n) is 4.98. The molecule has 1 atom stereocenters. The van der Waals surface area contributed by atoms with E-state index in [0.717, 1.165) is 23.9 Å². The Morgan fingerprint density at radius 1 is 1.24 bits per heavy atom. The highest BCUT2D eigenvalue weighted by molar-refractivity contribution is 6.10. The predicted molar refractivity (Wildman–Crippen MR) is 152 cm³/mol. The summed E-state index contributed by atoms with van der Waals surface area (Å²) in [6.07, 6.45) is 9.31. The predicted octanol–water partition coefficient (Wildman–Crippen LogP) is 5.07. The first-order valence-electron chi connectivity index (χ1n) is 13.9. The second-order valence-electron chi connectivity index (χ2n) is 10.4. The van der Waals surface area contributed by atoms with Crippen LogP contribution < -0.4 is 10.1 Å². The summed E-state index contributed by atoms with van der Waals surface area (Å²) in [7, 11) is 1.85. The zero-order chi connectivity index (χ0) is 29.1. The Morgan fingerprint density at radius 3 is 2.80 bits per heavy atom. The molecule has 0 radical (unpaired) electrons. The minimum absolute atomic E-state index is 0.00720. The number of hydrazone groups is 1. The second-order valence-corrected chi connectivity index (χ2v) is 10.4. The fraction of sp³-hybridized carbons (Fsp3) is 0.387. The SMILES string of the molecule is CC/C(C)=C1/C=CC(c2cnc3c(c2)C(=O)N(Cc2cc(F)cc(F)c2OC2CCOC2)CC3)=NN1/C=C(\C)NC. The highest BCUT2D eigenvalue weighted by Crippen LogP contribution is 2.30. The van der Waals surface area contributed by atoms with Crippen molar-refractivity contribution in [2.45, 2.75) is 52.7 Å². The van der Waals surface area contributed by atoms with Gasteiger partial charge in [0, 0.05) is 68.3 Å². The van der Waals surface area contributed by atoms with Crippen LogP contribution in [-0.2, 0) is 17.7 Å². The van der Waals surface area contributed by atoms with Crippen molar-refractivity contribution in [3.63, 3.8) is 0 Å². The van der Waals surface area contributed by atoms with Gasteiger partial charge in [-0.05, 0) is 50.1 Å². The van der Waals surface area contributed by atoms with Crippen molar-refractivity contribution in [2.24, 2.45) is 5.10 Å². The number of hydrogen-bond acceptors (Lipinski definition) is 7. The molecule has 0 saturated carbocycles. The van der Waals surface area contributed by atoms with Gasteiger partial charge >= 0.3 is 0 Å². The van der Waals surface area contributed by atoms with Crippen LogP contribution in [0.25, 0.3) is 0 Å². The minimum Gasteiger partial charge on any atom is -0.484 e. The number of halogens is 2. The van der Waals surface area contributed by atoms with Gasteiger partial charge in [0.05, 0.1) is 35.9 Å². The molecule has 1 unspecified atom stereocenters. The van der Waals surface area contributed by atoms with Crippen LogP contribution in [0.4, 0.5) is 8.78 Å². The summed E-state index contributed by atoms with van der Waals surface area (Å²) in [6, 6.07) is 3.83. The van der Waals surface area contributed by atoms with Crippen LogP contribution in [-0.4, -0.2) is 59.4 Å². The van der Waals surface area contributed by atoms with Crippen molar-refractivity contribution >= 4 is 11.6 Å². The smallest absolute Gasteiger partial charge is 0.256 e. The van der Waals surface area contributed by atoms with E-state index in [1.807, 2.05) is 37.3 Å². The zero-order valence-corrected chi connectivity index (χ0v) is 23.8.